The molecule has 2 rings (SSSR count). The summed E-state index contributed by atoms with van der Waals surface area (Å²) in [7, 11) is 0. The van der Waals surface area contributed by atoms with Gasteiger partial charge in [0.05, 0.1) is 5.56 Å². The summed E-state index contributed by atoms with van der Waals surface area (Å²) in [6.45, 7) is 1.62. The van der Waals surface area contributed by atoms with Crippen LogP contribution in [0, 0.1) is 12.7 Å². The highest BCUT2D eigenvalue weighted by Crippen LogP contribution is 2.17. The minimum Gasteiger partial charge on any atom is -0.306 e. The molecule has 20 heavy (non-hydrogen) atoms. The number of rotatable bonds is 3. The first-order valence-corrected chi connectivity index (χ1v) is 6.09. The Labute approximate surface area is 119 Å². The maximum absolute atomic E-state index is 13.0. The Morgan fingerprint density at radius 3 is 2.65 bits per heavy atom. The van der Waals surface area contributed by atoms with E-state index in [1.165, 1.54) is 36.5 Å². The monoisotopic (exact) mass is 292 g/mol. The molecule has 0 fully saturated rings. The van der Waals surface area contributed by atoms with Crippen molar-refractivity contribution in [3.05, 3.63) is 59.0 Å². The van der Waals surface area contributed by atoms with Gasteiger partial charge in [-0.25, -0.2) is 9.37 Å². The van der Waals surface area contributed by atoms with Crippen LogP contribution in [0.2, 0.25) is 0 Å². The van der Waals surface area contributed by atoms with Gasteiger partial charge in [-0.3, -0.25) is 9.59 Å². The van der Waals surface area contributed by atoms with Gasteiger partial charge in [0.2, 0.25) is 0 Å². The lowest BCUT2D eigenvalue weighted by atomic mass is 10.1. The third kappa shape index (κ3) is 3.00. The number of nitrogens with zero attached hydrogens (tertiary/aromatic N) is 1. The number of pyridine rings is 1. The third-order valence-electron chi connectivity index (χ3n) is 2.68. The highest BCUT2D eigenvalue weighted by Gasteiger charge is 2.15. The summed E-state index contributed by atoms with van der Waals surface area (Å²) in [5, 5.41) is 1.77. The van der Waals surface area contributed by atoms with Crippen LogP contribution in [0.4, 0.5) is 10.2 Å². The van der Waals surface area contributed by atoms with E-state index in [0.717, 1.165) is 0 Å². The maximum atomic E-state index is 13.0. The fourth-order valence-corrected chi connectivity index (χ4v) is 1.87. The Morgan fingerprint density at radius 1 is 1.25 bits per heavy atom. The number of amides is 1. The topological polar surface area (TPSA) is 59.1 Å². The second-order valence-electron chi connectivity index (χ2n) is 4.09. The van der Waals surface area contributed by atoms with Gasteiger partial charge in [0.15, 0.2) is 0 Å². The number of carbonyl (C=O) groups excluding carboxylic acids is 2. The Hall–Kier alpha value is -2.27. The Bertz CT molecular complexity index is 689. The first kappa shape index (κ1) is 14.1. The first-order valence-electron chi connectivity index (χ1n) is 5.71. The highest BCUT2D eigenvalue weighted by atomic mass is 35.5. The molecule has 0 atom stereocenters. The van der Waals surface area contributed by atoms with Crippen molar-refractivity contribution in [3.63, 3.8) is 0 Å². The molecule has 0 spiro atoms. The zero-order chi connectivity index (χ0) is 14.7. The van der Waals surface area contributed by atoms with Crippen LogP contribution in [-0.4, -0.2) is 16.1 Å². The van der Waals surface area contributed by atoms with E-state index in [1.54, 1.807) is 6.92 Å². The van der Waals surface area contributed by atoms with Crippen molar-refractivity contribution in [3.8, 4) is 0 Å². The van der Waals surface area contributed by atoms with Gasteiger partial charge in [-0.05, 0) is 54.4 Å². The standard InChI is InChI=1S/C14H10ClFN2O2/c1-8-7-9(16)4-5-10(8)14(20)18-13-11(12(15)19)3-2-6-17-13/h2-7H,1H3,(H,17,18,20). The van der Waals surface area contributed by atoms with E-state index in [4.69, 9.17) is 11.6 Å². The number of hydrogen-bond acceptors (Lipinski definition) is 3. The number of nitrogens with one attached hydrogen (secondary N) is 1. The molecule has 1 N–H and O–H groups in total. The molecule has 0 saturated heterocycles. The Morgan fingerprint density at radius 2 is 2.00 bits per heavy atom. The van der Waals surface area contributed by atoms with E-state index in [2.05, 4.69) is 10.3 Å². The summed E-state index contributed by atoms with van der Waals surface area (Å²) in [6, 6.07) is 6.80. The Kier molecular flexibility index (Phi) is 4.10. The molecule has 1 aromatic heterocycles. The summed E-state index contributed by atoms with van der Waals surface area (Å²) in [5.74, 6) is -0.838. The van der Waals surface area contributed by atoms with Crippen molar-refractivity contribution in [1.82, 2.24) is 4.98 Å². The number of anilines is 1. The first-order chi connectivity index (χ1) is 9.49. The van der Waals surface area contributed by atoms with Crippen molar-refractivity contribution in [2.24, 2.45) is 0 Å². The van der Waals surface area contributed by atoms with Gasteiger partial charge in [0, 0.05) is 11.8 Å². The molecule has 0 bridgehead atoms. The molecule has 0 aliphatic heterocycles. The molecule has 2 aromatic rings. The van der Waals surface area contributed by atoms with Crippen LogP contribution in [-0.2, 0) is 0 Å². The van der Waals surface area contributed by atoms with Gasteiger partial charge < -0.3 is 5.32 Å². The van der Waals surface area contributed by atoms with E-state index < -0.39 is 17.0 Å². The zero-order valence-corrected chi connectivity index (χ0v) is 11.2. The molecule has 6 heteroatoms. The second-order valence-corrected chi connectivity index (χ2v) is 4.43. The van der Waals surface area contributed by atoms with Crippen LogP contribution in [0.1, 0.15) is 26.3 Å². The van der Waals surface area contributed by atoms with E-state index >= 15 is 0 Å². The molecule has 4 nitrogen and oxygen atoms in total. The van der Waals surface area contributed by atoms with Gasteiger partial charge in [0.25, 0.3) is 11.1 Å². The summed E-state index contributed by atoms with van der Waals surface area (Å²) < 4.78 is 13.0. The minimum atomic E-state index is -0.718. The average molecular weight is 293 g/mol. The van der Waals surface area contributed by atoms with Crippen LogP contribution in [0.3, 0.4) is 0 Å². The molecule has 0 radical (unpaired) electrons. The molecule has 0 aliphatic rings. The number of halogens is 2. The molecular formula is C14H10ClFN2O2. The van der Waals surface area contributed by atoms with Crippen LogP contribution in [0.15, 0.2) is 36.5 Å². The lowest BCUT2D eigenvalue weighted by molar-refractivity contribution is 0.102. The highest BCUT2D eigenvalue weighted by molar-refractivity contribution is 6.68. The van der Waals surface area contributed by atoms with Gasteiger partial charge in [-0.2, -0.15) is 0 Å². The number of benzene rings is 1. The molecule has 0 aliphatic carbocycles. The predicted molar refractivity (Wildman–Crippen MR) is 73.5 cm³/mol. The van der Waals surface area contributed by atoms with Crippen LogP contribution in [0.5, 0.6) is 0 Å². The lowest BCUT2D eigenvalue weighted by Crippen LogP contribution is -2.16. The van der Waals surface area contributed by atoms with Crippen LogP contribution >= 0.6 is 11.6 Å². The zero-order valence-electron chi connectivity index (χ0n) is 10.5. The number of aromatic nitrogens is 1. The average Bonchev–Trinajstić information content (AvgIpc) is 2.38. The van der Waals surface area contributed by atoms with E-state index in [0.29, 0.717) is 11.1 Å². The van der Waals surface area contributed by atoms with E-state index in [9.17, 15) is 14.0 Å². The predicted octanol–water partition coefficient (Wildman–Crippen LogP) is 3.16. The van der Waals surface area contributed by atoms with Crippen molar-refractivity contribution >= 4 is 28.6 Å². The van der Waals surface area contributed by atoms with Crippen molar-refractivity contribution < 1.29 is 14.0 Å². The van der Waals surface area contributed by atoms with Crippen LogP contribution in [0.25, 0.3) is 0 Å². The fourth-order valence-electron chi connectivity index (χ4n) is 1.72. The maximum Gasteiger partial charge on any atom is 0.257 e. The number of aryl methyl sites for hydroxylation is 1. The molecule has 0 saturated carbocycles. The summed E-state index contributed by atoms with van der Waals surface area (Å²) in [6.07, 6.45) is 1.43. The normalized spacial score (nSPS) is 10.2. The van der Waals surface area contributed by atoms with Crippen LogP contribution < -0.4 is 5.32 Å². The van der Waals surface area contributed by atoms with Gasteiger partial charge >= 0.3 is 0 Å². The minimum absolute atomic E-state index is 0.0706. The summed E-state index contributed by atoms with van der Waals surface area (Å²) >= 11 is 5.41. The quantitative estimate of drug-likeness (QED) is 0.884. The second kappa shape index (κ2) is 5.79. The molecule has 1 heterocycles. The number of carbonyl (C=O) groups is 2. The molecule has 102 valence electrons. The smallest absolute Gasteiger partial charge is 0.257 e. The Balaban J connectivity index is 2.30. The molecule has 1 amide bonds. The SMILES string of the molecule is Cc1cc(F)ccc1C(=O)Nc1ncccc1C(=O)Cl. The van der Waals surface area contributed by atoms with Crippen molar-refractivity contribution in [1.29, 1.82) is 0 Å². The van der Waals surface area contributed by atoms with Crippen molar-refractivity contribution in [2.75, 3.05) is 5.32 Å². The molecular weight excluding hydrogens is 283 g/mol. The van der Waals surface area contributed by atoms with Gasteiger partial charge in [-0.1, -0.05) is 0 Å². The third-order valence-corrected chi connectivity index (χ3v) is 2.89. The summed E-state index contributed by atoms with van der Waals surface area (Å²) in [4.78, 5) is 27.2. The van der Waals surface area contributed by atoms with E-state index in [-0.39, 0.29) is 11.4 Å². The molecule has 0 unspecified atom stereocenters. The van der Waals surface area contributed by atoms with Gasteiger partial charge in [-0.15, -0.1) is 0 Å². The van der Waals surface area contributed by atoms with Gasteiger partial charge in [0.1, 0.15) is 11.6 Å². The van der Waals surface area contributed by atoms with E-state index in [1.807, 2.05) is 0 Å². The number of hydrogen-bond donors (Lipinski definition) is 1. The fraction of sp³-hybridized carbons (Fsp3) is 0.0714. The lowest BCUT2D eigenvalue weighted by Gasteiger charge is -2.09. The van der Waals surface area contributed by atoms with Crippen molar-refractivity contribution in [2.45, 2.75) is 6.92 Å². The summed E-state index contributed by atoms with van der Waals surface area (Å²) in [5.41, 5.74) is 0.879. The largest absolute Gasteiger partial charge is 0.306 e. The molecule has 1 aromatic carbocycles.